The molecule has 1 N–H and O–H groups in total. The Morgan fingerprint density at radius 3 is 2.48 bits per heavy atom. The van der Waals surface area contributed by atoms with Crippen molar-refractivity contribution in [2.75, 3.05) is 33.0 Å². The predicted octanol–water partition coefficient (Wildman–Crippen LogP) is 1.61. The zero-order chi connectivity index (χ0) is 19.4. The molecule has 0 aliphatic carbocycles. The summed E-state index contributed by atoms with van der Waals surface area (Å²) >= 11 is 0. The summed E-state index contributed by atoms with van der Waals surface area (Å²) in [5, 5.41) is 2.87. The first-order chi connectivity index (χ1) is 13.0. The minimum Gasteiger partial charge on any atom is -0.454 e. The van der Waals surface area contributed by atoms with Crippen LogP contribution in [-0.4, -0.2) is 60.6 Å². The maximum absolute atomic E-state index is 12.8. The fraction of sp³-hybridized carbons (Fsp3) is 0.600. The summed E-state index contributed by atoms with van der Waals surface area (Å²) in [6.45, 7) is 9.81. The number of amides is 2. The normalized spacial score (nSPS) is 17.9. The molecule has 0 radical (unpaired) electrons. The third-order valence-electron chi connectivity index (χ3n) is 5.10. The van der Waals surface area contributed by atoms with Gasteiger partial charge in [0.2, 0.25) is 18.6 Å². The van der Waals surface area contributed by atoms with Crippen LogP contribution in [0.2, 0.25) is 0 Å². The standard InChI is InChI=1S/C20H29N3O4/c1-4-18(24)21-19(14(2)3)20(25)23-9-7-22(8-10-23)12-15-5-6-16-17(11-15)27-13-26-16/h5-6,11,14,19H,4,7-10,12-13H2,1-3H3,(H,21,24). The Labute approximate surface area is 160 Å². The number of piperazine rings is 1. The summed E-state index contributed by atoms with van der Waals surface area (Å²) in [7, 11) is 0. The first-order valence-corrected chi connectivity index (χ1v) is 9.67. The van der Waals surface area contributed by atoms with Crippen molar-refractivity contribution in [1.29, 1.82) is 0 Å². The second-order valence-corrected chi connectivity index (χ2v) is 7.43. The maximum atomic E-state index is 12.8. The number of hydrogen-bond acceptors (Lipinski definition) is 5. The Hall–Kier alpha value is -2.28. The Bertz CT molecular complexity index is 684. The average Bonchev–Trinajstić information content (AvgIpc) is 3.13. The fourth-order valence-corrected chi connectivity index (χ4v) is 3.41. The summed E-state index contributed by atoms with van der Waals surface area (Å²) in [5.41, 5.74) is 1.18. The topological polar surface area (TPSA) is 71.1 Å². The zero-order valence-electron chi connectivity index (χ0n) is 16.4. The van der Waals surface area contributed by atoms with Crippen molar-refractivity contribution in [2.45, 2.75) is 39.8 Å². The van der Waals surface area contributed by atoms with Gasteiger partial charge >= 0.3 is 0 Å². The molecule has 0 aromatic heterocycles. The fourth-order valence-electron chi connectivity index (χ4n) is 3.41. The number of carbonyl (C=O) groups excluding carboxylic acids is 2. The molecule has 2 amide bonds. The maximum Gasteiger partial charge on any atom is 0.245 e. The number of rotatable bonds is 6. The van der Waals surface area contributed by atoms with E-state index in [4.69, 9.17) is 9.47 Å². The third kappa shape index (κ3) is 4.71. The van der Waals surface area contributed by atoms with Gasteiger partial charge in [0.15, 0.2) is 11.5 Å². The van der Waals surface area contributed by atoms with E-state index in [9.17, 15) is 9.59 Å². The summed E-state index contributed by atoms with van der Waals surface area (Å²) in [6, 6.07) is 5.58. The van der Waals surface area contributed by atoms with Gasteiger partial charge in [-0.15, -0.1) is 0 Å². The Balaban J connectivity index is 1.53. The quantitative estimate of drug-likeness (QED) is 0.818. The van der Waals surface area contributed by atoms with Crippen LogP contribution in [0, 0.1) is 5.92 Å². The lowest BCUT2D eigenvalue weighted by Gasteiger charge is -2.37. The average molecular weight is 375 g/mol. The van der Waals surface area contributed by atoms with Gasteiger partial charge in [0.05, 0.1) is 0 Å². The summed E-state index contributed by atoms with van der Waals surface area (Å²) in [6.07, 6.45) is 0.389. The Kier molecular flexibility index (Phi) is 6.21. The van der Waals surface area contributed by atoms with Crippen LogP contribution < -0.4 is 14.8 Å². The lowest BCUT2D eigenvalue weighted by molar-refractivity contribution is -0.139. The van der Waals surface area contributed by atoms with E-state index in [-0.39, 0.29) is 24.5 Å². The van der Waals surface area contributed by atoms with E-state index in [2.05, 4.69) is 16.3 Å². The van der Waals surface area contributed by atoms with E-state index in [0.29, 0.717) is 19.5 Å². The van der Waals surface area contributed by atoms with Crippen molar-refractivity contribution in [2.24, 2.45) is 5.92 Å². The molecule has 0 spiro atoms. The van der Waals surface area contributed by atoms with E-state index in [1.807, 2.05) is 30.9 Å². The number of benzene rings is 1. The van der Waals surface area contributed by atoms with Crippen molar-refractivity contribution in [3.05, 3.63) is 23.8 Å². The predicted molar refractivity (Wildman–Crippen MR) is 101 cm³/mol. The van der Waals surface area contributed by atoms with E-state index >= 15 is 0 Å². The van der Waals surface area contributed by atoms with Gasteiger partial charge < -0.3 is 19.7 Å². The van der Waals surface area contributed by atoms with E-state index in [1.54, 1.807) is 6.92 Å². The lowest BCUT2D eigenvalue weighted by atomic mass is 10.0. The molecule has 2 aliphatic rings. The van der Waals surface area contributed by atoms with Crippen LogP contribution in [0.1, 0.15) is 32.8 Å². The third-order valence-corrected chi connectivity index (χ3v) is 5.10. The molecular formula is C20H29N3O4. The highest BCUT2D eigenvalue weighted by Gasteiger charge is 2.30. The van der Waals surface area contributed by atoms with Gasteiger partial charge in [0.1, 0.15) is 6.04 Å². The van der Waals surface area contributed by atoms with E-state index < -0.39 is 6.04 Å². The van der Waals surface area contributed by atoms with Crippen LogP contribution in [-0.2, 0) is 16.1 Å². The molecule has 7 heteroatoms. The molecule has 3 rings (SSSR count). The molecular weight excluding hydrogens is 346 g/mol. The molecule has 2 aliphatic heterocycles. The molecule has 1 unspecified atom stereocenters. The van der Waals surface area contributed by atoms with Gasteiger partial charge in [0.25, 0.3) is 0 Å². The van der Waals surface area contributed by atoms with Crippen LogP contribution >= 0.6 is 0 Å². The largest absolute Gasteiger partial charge is 0.454 e. The number of fused-ring (bicyclic) bond motifs is 1. The van der Waals surface area contributed by atoms with Gasteiger partial charge in [-0.3, -0.25) is 14.5 Å². The van der Waals surface area contributed by atoms with Gasteiger partial charge in [-0.2, -0.15) is 0 Å². The van der Waals surface area contributed by atoms with Crippen LogP contribution in [0.5, 0.6) is 11.5 Å². The van der Waals surface area contributed by atoms with Crippen molar-refractivity contribution in [1.82, 2.24) is 15.1 Å². The number of carbonyl (C=O) groups is 2. The number of nitrogens with zero attached hydrogens (tertiary/aromatic N) is 2. The SMILES string of the molecule is CCC(=O)NC(C(=O)N1CCN(Cc2ccc3c(c2)OCO3)CC1)C(C)C. The van der Waals surface area contributed by atoms with Crippen molar-refractivity contribution in [3.63, 3.8) is 0 Å². The minimum atomic E-state index is -0.446. The monoisotopic (exact) mass is 375 g/mol. The molecule has 1 aromatic carbocycles. The molecule has 1 saturated heterocycles. The van der Waals surface area contributed by atoms with Gasteiger partial charge in [0, 0.05) is 39.1 Å². The molecule has 148 valence electrons. The highest BCUT2D eigenvalue weighted by molar-refractivity contribution is 5.87. The van der Waals surface area contributed by atoms with Crippen LogP contribution in [0.4, 0.5) is 0 Å². The first kappa shape index (κ1) is 19.5. The molecule has 2 heterocycles. The molecule has 27 heavy (non-hydrogen) atoms. The van der Waals surface area contributed by atoms with Crippen LogP contribution in [0.25, 0.3) is 0 Å². The Morgan fingerprint density at radius 2 is 1.81 bits per heavy atom. The van der Waals surface area contributed by atoms with Crippen molar-refractivity contribution >= 4 is 11.8 Å². The minimum absolute atomic E-state index is 0.0227. The van der Waals surface area contributed by atoms with Crippen molar-refractivity contribution in [3.8, 4) is 11.5 Å². The molecule has 1 aromatic rings. The number of nitrogens with one attached hydrogen (secondary N) is 1. The number of hydrogen-bond donors (Lipinski definition) is 1. The summed E-state index contributed by atoms with van der Waals surface area (Å²) < 4.78 is 10.8. The second-order valence-electron chi connectivity index (χ2n) is 7.43. The van der Waals surface area contributed by atoms with Gasteiger partial charge in [-0.05, 0) is 23.6 Å². The second kappa shape index (κ2) is 8.61. The molecule has 7 nitrogen and oxygen atoms in total. The van der Waals surface area contributed by atoms with Crippen molar-refractivity contribution < 1.29 is 19.1 Å². The zero-order valence-corrected chi connectivity index (χ0v) is 16.4. The van der Waals surface area contributed by atoms with Gasteiger partial charge in [-0.25, -0.2) is 0 Å². The highest BCUT2D eigenvalue weighted by atomic mass is 16.7. The van der Waals surface area contributed by atoms with Crippen LogP contribution in [0.3, 0.4) is 0 Å². The first-order valence-electron chi connectivity index (χ1n) is 9.67. The van der Waals surface area contributed by atoms with E-state index in [1.165, 1.54) is 5.56 Å². The smallest absolute Gasteiger partial charge is 0.245 e. The van der Waals surface area contributed by atoms with Crippen LogP contribution in [0.15, 0.2) is 18.2 Å². The molecule has 1 fully saturated rings. The summed E-state index contributed by atoms with van der Waals surface area (Å²) in [5.74, 6) is 1.61. The Morgan fingerprint density at radius 1 is 1.11 bits per heavy atom. The number of ether oxygens (including phenoxy) is 2. The molecule has 1 atom stereocenters. The highest BCUT2D eigenvalue weighted by Crippen LogP contribution is 2.32. The molecule has 0 bridgehead atoms. The lowest BCUT2D eigenvalue weighted by Crippen LogP contribution is -2.56. The van der Waals surface area contributed by atoms with E-state index in [0.717, 1.165) is 31.1 Å². The summed E-state index contributed by atoms with van der Waals surface area (Å²) in [4.78, 5) is 28.8. The van der Waals surface area contributed by atoms with Gasteiger partial charge in [-0.1, -0.05) is 26.8 Å². The molecule has 0 saturated carbocycles.